The molecule has 2 unspecified atom stereocenters. The van der Waals surface area contributed by atoms with Gasteiger partial charge in [-0.2, -0.15) is 0 Å². The topological polar surface area (TPSA) is 53.7 Å². The van der Waals surface area contributed by atoms with Gasteiger partial charge in [0, 0.05) is 18.9 Å². The van der Waals surface area contributed by atoms with E-state index in [9.17, 15) is 0 Å². The first-order chi connectivity index (χ1) is 9.51. The van der Waals surface area contributed by atoms with Gasteiger partial charge < -0.3 is 19.9 Å². The van der Waals surface area contributed by atoms with Crippen LogP contribution >= 0.6 is 0 Å². The largest absolute Gasteiger partial charge is 0.496 e. The summed E-state index contributed by atoms with van der Waals surface area (Å²) >= 11 is 0. The summed E-state index contributed by atoms with van der Waals surface area (Å²) in [6.07, 6.45) is 2.43. The van der Waals surface area contributed by atoms with Crippen molar-refractivity contribution in [3.8, 4) is 11.5 Å². The fraction of sp³-hybridized carbons (Fsp3) is 0.625. The molecule has 1 aromatic carbocycles. The van der Waals surface area contributed by atoms with Crippen LogP contribution in [-0.4, -0.2) is 25.4 Å². The van der Waals surface area contributed by atoms with Gasteiger partial charge in [-0.05, 0) is 32.9 Å². The fourth-order valence-electron chi connectivity index (χ4n) is 2.87. The zero-order valence-electron chi connectivity index (χ0n) is 12.8. The van der Waals surface area contributed by atoms with Gasteiger partial charge in [0.25, 0.3) is 0 Å². The summed E-state index contributed by atoms with van der Waals surface area (Å²) in [5.74, 6) is 1.61. The van der Waals surface area contributed by atoms with E-state index < -0.39 is 0 Å². The molecule has 1 aliphatic heterocycles. The molecule has 0 spiro atoms. The third-order valence-corrected chi connectivity index (χ3v) is 3.65. The Hall–Kier alpha value is -1.26. The second-order valence-corrected chi connectivity index (χ2v) is 5.63. The summed E-state index contributed by atoms with van der Waals surface area (Å²) in [6.45, 7) is 6.12. The van der Waals surface area contributed by atoms with Gasteiger partial charge in [-0.3, -0.25) is 0 Å². The van der Waals surface area contributed by atoms with Crippen molar-refractivity contribution >= 4 is 0 Å². The van der Waals surface area contributed by atoms with Crippen LogP contribution in [0.5, 0.6) is 11.5 Å². The fourth-order valence-corrected chi connectivity index (χ4v) is 2.87. The molecule has 4 heteroatoms. The minimum absolute atomic E-state index is 0.129. The second-order valence-electron chi connectivity index (χ2n) is 5.63. The molecule has 1 aliphatic rings. The molecule has 1 aromatic rings. The lowest BCUT2D eigenvalue weighted by Gasteiger charge is -2.33. The lowest BCUT2D eigenvalue weighted by molar-refractivity contribution is -0.0723. The van der Waals surface area contributed by atoms with Crippen LogP contribution in [0.2, 0.25) is 0 Å². The Morgan fingerprint density at radius 3 is 2.35 bits per heavy atom. The van der Waals surface area contributed by atoms with Crippen molar-refractivity contribution < 1.29 is 14.2 Å². The highest BCUT2D eigenvalue weighted by atomic mass is 16.5. The normalized spacial score (nSPS) is 27.9. The molecule has 0 radical (unpaired) electrons. The van der Waals surface area contributed by atoms with E-state index in [2.05, 4.69) is 13.8 Å². The third-order valence-electron chi connectivity index (χ3n) is 3.65. The maximum Gasteiger partial charge on any atom is 0.128 e. The van der Waals surface area contributed by atoms with Crippen molar-refractivity contribution in [2.75, 3.05) is 7.11 Å². The summed E-state index contributed by atoms with van der Waals surface area (Å²) in [5.41, 5.74) is 7.00. The number of ether oxygens (including phenoxy) is 3. The van der Waals surface area contributed by atoms with Gasteiger partial charge in [-0.15, -0.1) is 0 Å². The molecule has 112 valence electrons. The number of hydrogen-bond donors (Lipinski definition) is 1. The Morgan fingerprint density at radius 1 is 1.20 bits per heavy atom. The summed E-state index contributed by atoms with van der Waals surface area (Å²) < 4.78 is 17.3. The highest BCUT2D eigenvalue weighted by Gasteiger charge is 2.27. The lowest BCUT2D eigenvalue weighted by Crippen LogP contribution is -2.36. The summed E-state index contributed by atoms with van der Waals surface area (Å²) in [5, 5.41) is 0. The molecule has 0 saturated carbocycles. The predicted octanol–water partition coefficient (Wildman–Crippen LogP) is 3.05. The van der Waals surface area contributed by atoms with Gasteiger partial charge in [0.1, 0.15) is 17.6 Å². The monoisotopic (exact) mass is 279 g/mol. The average molecular weight is 279 g/mol. The minimum Gasteiger partial charge on any atom is -0.496 e. The van der Waals surface area contributed by atoms with Gasteiger partial charge in [-0.25, -0.2) is 0 Å². The Labute approximate surface area is 121 Å². The molecule has 2 rings (SSSR count). The number of methoxy groups -OCH3 is 1. The molecule has 0 aliphatic carbocycles. The van der Waals surface area contributed by atoms with E-state index in [0.717, 1.165) is 29.9 Å². The number of rotatable bonds is 4. The lowest BCUT2D eigenvalue weighted by atomic mass is 10.0. The second kappa shape index (κ2) is 6.46. The van der Waals surface area contributed by atoms with Crippen LogP contribution in [0.25, 0.3) is 0 Å². The molecule has 0 bridgehead atoms. The molecule has 2 N–H and O–H groups in total. The Kier molecular flexibility index (Phi) is 4.89. The highest BCUT2D eigenvalue weighted by Crippen LogP contribution is 2.35. The van der Waals surface area contributed by atoms with Crippen molar-refractivity contribution in [1.29, 1.82) is 0 Å². The van der Waals surface area contributed by atoms with Gasteiger partial charge in [0.15, 0.2) is 0 Å². The average Bonchev–Trinajstić information content (AvgIpc) is 2.36. The Balaban J connectivity index is 2.20. The van der Waals surface area contributed by atoms with Crippen LogP contribution < -0.4 is 15.2 Å². The van der Waals surface area contributed by atoms with Gasteiger partial charge in [-0.1, -0.05) is 6.07 Å². The van der Waals surface area contributed by atoms with Crippen LogP contribution in [0.1, 0.15) is 45.2 Å². The first kappa shape index (κ1) is 15.1. The molecule has 4 nitrogen and oxygen atoms in total. The van der Waals surface area contributed by atoms with E-state index in [0.29, 0.717) is 0 Å². The van der Waals surface area contributed by atoms with Crippen LogP contribution in [0.3, 0.4) is 0 Å². The van der Waals surface area contributed by atoms with E-state index in [1.807, 2.05) is 25.1 Å². The molecule has 0 amide bonds. The Morgan fingerprint density at radius 2 is 1.80 bits per heavy atom. The summed E-state index contributed by atoms with van der Waals surface area (Å²) in [7, 11) is 1.66. The predicted molar refractivity (Wildman–Crippen MR) is 79.3 cm³/mol. The molecule has 3 atom stereocenters. The van der Waals surface area contributed by atoms with E-state index in [4.69, 9.17) is 19.9 Å². The first-order valence-corrected chi connectivity index (χ1v) is 7.25. The first-order valence-electron chi connectivity index (χ1n) is 7.25. The smallest absolute Gasteiger partial charge is 0.128 e. The van der Waals surface area contributed by atoms with Crippen LogP contribution in [-0.2, 0) is 4.74 Å². The van der Waals surface area contributed by atoms with Crippen molar-refractivity contribution in [2.24, 2.45) is 5.73 Å². The molecule has 1 fully saturated rings. The van der Waals surface area contributed by atoms with Crippen LogP contribution in [0.15, 0.2) is 18.2 Å². The van der Waals surface area contributed by atoms with Gasteiger partial charge >= 0.3 is 0 Å². The summed E-state index contributed by atoms with van der Waals surface area (Å²) in [6, 6.07) is 5.69. The van der Waals surface area contributed by atoms with Gasteiger partial charge in [0.05, 0.1) is 24.9 Å². The van der Waals surface area contributed by atoms with E-state index in [1.165, 1.54) is 0 Å². The molecular weight excluding hydrogens is 254 g/mol. The maximum atomic E-state index is 6.19. The van der Waals surface area contributed by atoms with Crippen molar-refractivity contribution in [2.45, 2.75) is 58.0 Å². The number of benzene rings is 1. The zero-order chi connectivity index (χ0) is 14.7. The van der Waals surface area contributed by atoms with Crippen molar-refractivity contribution in [3.05, 3.63) is 23.8 Å². The maximum absolute atomic E-state index is 6.19. The van der Waals surface area contributed by atoms with Crippen molar-refractivity contribution in [1.82, 2.24) is 0 Å². The van der Waals surface area contributed by atoms with Gasteiger partial charge in [0.2, 0.25) is 0 Å². The molecular formula is C16H25NO3. The van der Waals surface area contributed by atoms with E-state index >= 15 is 0 Å². The van der Waals surface area contributed by atoms with E-state index in [-0.39, 0.29) is 24.4 Å². The zero-order valence-corrected chi connectivity index (χ0v) is 12.8. The highest BCUT2D eigenvalue weighted by molar-refractivity contribution is 5.46. The number of nitrogens with two attached hydrogens (primary N) is 1. The van der Waals surface area contributed by atoms with E-state index in [1.54, 1.807) is 7.11 Å². The molecule has 0 aromatic heterocycles. The third kappa shape index (κ3) is 3.44. The number of hydrogen-bond acceptors (Lipinski definition) is 4. The molecule has 1 saturated heterocycles. The SMILES string of the molecule is COc1cccc(OC2CC(C)OC(C)C2)c1[C@H](C)N. The standard InChI is InChI=1S/C16H25NO3/c1-10-8-13(9-11(2)19-10)20-15-7-5-6-14(18-4)16(15)12(3)17/h5-7,10-13H,8-9,17H2,1-4H3/t10?,11?,12-,13?/m0/s1. The quantitative estimate of drug-likeness (QED) is 0.920. The Bertz CT molecular complexity index is 437. The van der Waals surface area contributed by atoms with Crippen molar-refractivity contribution in [3.63, 3.8) is 0 Å². The van der Waals surface area contributed by atoms with Crippen LogP contribution in [0.4, 0.5) is 0 Å². The molecule has 20 heavy (non-hydrogen) atoms. The van der Waals surface area contributed by atoms with Crippen LogP contribution in [0, 0.1) is 0 Å². The minimum atomic E-state index is -0.129. The molecule has 1 heterocycles. The summed E-state index contributed by atoms with van der Waals surface area (Å²) in [4.78, 5) is 0.